The summed E-state index contributed by atoms with van der Waals surface area (Å²) in [6, 6.07) is 5.54. The van der Waals surface area contributed by atoms with Crippen LogP contribution in [-0.4, -0.2) is 92.9 Å². The Bertz CT molecular complexity index is 896. The highest BCUT2D eigenvalue weighted by Gasteiger charge is 2.49. The van der Waals surface area contributed by atoms with Gasteiger partial charge in [0.1, 0.15) is 36.8 Å². The molecule has 6 N–H and O–H groups in total. The van der Waals surface area contributed by atoms with Crippen molar-refractivity contribution in [2.75, 3.05) is 13.2 Å². The highest BCUT2D eigenvalue weighted by atomic mass is 16.8. The summed E-state index contributed by atoms with van der Waals surface area (Å²) in [5.41, 5.74) is 0.746. The molecule has 0 radical (unpaired) electrons. The summed E-state index contributed by atoms with van der Waals surface area (Å²) in [6.07, 6.45) is -4.86. The molecule has 1 fully saturated rings. The highest BCUT2D eigenvalue weighted by Crippen LogP contribution is 2.41. The van der Waals surface area contributed by atoms with Gasteiger partial charge in [-0.2, -0.15) is 0 Å². The molecule has 33 heavy (non-hydrogen) atoms. The Balaban J connectivity index is 1.45. The third-order valence-electron chi connectivity index (χ3n) is 6.02. The Kier molecular flexibility index (Phi) is 7.00. The van der Waals surface area contributed by atoms with Crippen molar-refractivity contribution in [3.05, 3.63) is 53.8 Å². The number of aromatic hydroxyl groups is 1. The number of esters is 1. The van der Waals surface area contributed by atoms with Crippen molar-refractivity contribution < 1.29 is 54.4 Å². The van der Waals surface area contributed by atoms with Crippen LogP contribution in [0, 0.1) is 11.8 Å². The van der Waals surface area contributed by atoms with E-state index in [2.05, 4.69) is 0 Å². The Morgan fingerprint density at radius 2 is 1.73 bits per heavy atom. The van der Waals surface area contributed by atoms with Crippen LogP contribution in [0.5, 0.6) is 5.75 Å². The average Bonchev–Trinajstić information content (AvgIpc) is 3.14. The van der Waals surface area contributed by atoms with Gasteiger partial charge in [0.25, 0.3) is 0 Å². The number of rotatable bonds is 6. The maximum absolute atomic E-state index is 12.3. The number of hydrogen-bond donors (Lipinski definition) is 6. The molecular formula is C22H26O11. The number of ether oxygens (including phenoxy) is 4. The number of aliphatic hydroxyl groups excluding tert-OH is 5. The van der Waals surface area contributed by atoms with E-state index in [4.69, 9.17) is 18.9 Å². The summed E-state index contributed by atoms with van der Waals surface area (Å²) >= 11 is 0. The van der Waals surface area contributed by atoms with Gasteiger partial charge in [-0.25, -0.2) is 4.79 Å². The maximum atomic E-state index is 12.3. The van der Waals surface area contributed by atoms with E-state index < -0.39 is 67.5 Å². The predicted molar refractivity (Wildman–Crippen MR) is 108 cm³/mol. The molecule has 9 atom stereocenters. The Morgan fingerprint density at radius 1 is 1.00 bits per heavy atom. The molecule has 9 unspecified atom stereocenters. The second kappa shape index (κ2) is 9.77. The van der Waals surface area contributed by atoms with Gasteiger partial charge in [-0.05, 0) is 35.9 Å². The molecule has 11 heteroatoms. The van der Waals surface area contributed by atoms with Crippen LogP contribution in [0.3, 0.4) is 0 Å². The molecule has 1 aliphatic carbocycles. The minimum absolute atomic E-state index is 0.00957. The second-order valence-electron chi connectivity index (χ2n) is 8.12. The minimum Gasteiger partial charge on any atom is -0.508 e. The van der Waals surface area contributed by atoms with Gasteiger partial charge in [-0.15, -0.1) is 0 Å². The summed E-state index contributed by atoms with van der Waals surface area (Å²) in [5, 5.41) is 59.4. The first-order valence-electron chi connectivity index (χ1n) is 10.4. The molecule has 4 rings (SSSR count). The summed E-state index contributed by atoms with van der Waals surface area (Å²) in [4.78, 5) is 12.3. The van der Waals surface area contributed by atoms with Gasteiger partial charge in [0.2, 0.25) is 6.29 Å². The molecule has 0 bridgehead atoms. The molecule has 0 amide bonds. The molecule has 0 spiro atoms. The average molecular weight is 466 g/mol. The van der Waals surface area contributed by atoms with Crippen LogP contribution in [0.1, 0.15) is 10.4 Å². The van der Waals surface area contributed by atoms with Crippen LogP contribution in [0.2, 0.25) is 0 Å². The topological polar surface area (TPSA) is 175 Å². The van der Waals surface area contributed by atoms with E-state index in [1.54, 1.807) is 6.08 Å². The van der Waals surface area contributed by atoms with E-state index >= 15 is 0 Å². The van der Waals surface area contributed by atoms with Gasteiger partial charge >= 0.3 is 5.97 Å². The lowest BCUT2D eigenvalue weighted by Gasteiger charge is -2.42. The minimum atomic E-state index is -1.62. The normalized spacial score (nSPS) is 37.7. The quantitative estimate of drug-likeness (QED) is 0.219. The highest BCUT2D eigenvalue weighted by molar-refractivity contribution is 5.89. The number of aliphatic hydroxyl groups is 5. The number of fused-ring (bicyclic) bond motifs is 1. The zero-order chi connectivity index (χ0) is 23.7. The number of phenols is 1. The summed E-state index contributed by atoms with van der Waals surface area (Å²) < 4.78 is 22.0. The standard InChI is InChI=1S/C22H26O11/c23-8-15-17(26)18(27)19(28)22(32-15)33-21-16-11(7-14(25)13(16)5-6-30-21)9-31-20(29)10-1-3-12(24)4-2-10/h1-7,13-19,21-28H,8-9H2. The number of phenolic OH excluding ortho intramolecular Hbond substituents is 1. The van der Waals surface area contributed by atoms with Gasteiger partial charge in [-0.1, -0.05) is 6.08 Å². The smallest absolute Gasteiger partial charge is 0.338 e. The molecule has 3 aliphatic rings. The van der Waals surface area contributed by atoms with Crippen LogP contribution in [-0.2, 0) is 18.9 Å². The number of carbonyl (C=O) groups excluding carboxylic acids is 1. The van der Waals surface area contributed by atoms with E-state index in [-0.39, 0.29) is 17.9 Å². The fraction of sp³-hybridized carbons (Fsp3) is 0.500. The van der Waals surface area contributed by atoms with Crippen molar-refractivity contribution >= 4 is 5.97 Å². The Labute approximate surface area is 188 Å². The molecular weight excluding hydrogens is 440 g/mol. The largest absolute Gasteiger partial charge is 0.508 e. The van der Waals surface area contributed by atoms with Crippen LogP contribution >= 0.6 is 0 Å². The van der Waals surface area contributed by atoms with Crippen LogP contribution in [0.25, 0.3) is 0 Å². The van der Waals surface area contributed by atoms with Crippen molar-refractivity contribution in [1.29, 1.82) is 0 Å². The monoisotopic (exact) mass is 466 g/mol. The van der Waals surface area contributed by atoms with Crippen LogP contribution < -0.4 is 0 Å². The second-order valence-corrected chi connectivity index (χ2v) is 8.12. The summed E-state index contributed by atoms with van der Waals surface area (Å²) in [6.45, 7) is -0.789. The first-order valence-corrected chi connectivity index (χ1v) is 10.4. The number of hydrogen-bond acceptors (Lipinski definition) is 11. The van der Waals surface area contributed by atoms with Gasteiger partial charge in [0.15, 0.2) is 6.29 Å². The van der Waals surface area contributed by atoms with Crippen molar-refractivity contribution in [2.24, 2.45) is 11.8 Å². The van der Waals surface area contributed by atoms with Gasteiger partial charge in [0.05, 0.1) is 30.5 Å². The first-order chi connectivity index (χ1) is 15.8. The van der Waals surface area contributed by atoms with E-state index in [9.17, 15) is 35.4 Å². The zero-order valence-electron chi connectivity index (χ0n) is 17.4. The summed E-state index contributed by atoms with van der Waals surface area (Å²) in [7, 11) is 0. The van der Waals surface area contributed by atoms with E-state index in [0.29, 0.717) is 5.57 Å². The van der Waals surface area contributed by atoms with Crippen molar-refractivity contribution in [3.8, 4) is 5.75 Å². The van der Waals surface area contributed by atoms with E-state index in [1.165, 1.54) is 36.6 Å². The third kappa shape index (κ3) is 4.75. The SMILES string of the molecule is O=C(OCC1=CC(O)C2C=COC(OC3OC(CO)C(O)C(O)C3O)C12)c1ccc(O)cc1. The number of carbonyl (C=O) groups is 1. The lowest BCUT2D eigenvalue weighted by atomic mass is 9.88. The van der Waals surface area contributed by atoms with Crippen LogP contribution in [0.15, 0.2) is 48.3 Å². The molecule has 0 aromatic heterocycles. The maximum Gasteiger partial charge on any atom is 0.338 e. The molecule has 0 saturated carbocycles. The molecule has 2 heterocycles. The summed E-state index contributed by atoms with van der Waals surface area (Å²) in [5.74, 6) is -1.69. The molecule has 180 valence electrons. The predicted octanol–water partition coefficient (Wildman–Crippen LogP) is -1.23. The van der Waals surface area contributed by atoms with Crippen LogP contribution in [0.4, 0.5) is 0 Å². The van der Waals surface area contributed by atoms with E-state index in [0.717, 1.165) is 0 Å². The van der Waals surface area contributed by atoms with Crippen molar-refractivity contribution in [2.45, 2.75) is 43.1 Å². The van der Waals surface area contributed by atoms with Gasteiger partial charge in [0, 0.05) is 5.92 Å². The molecule has 2 aliphatic heterocycles. The third-order valence-corrected chi connectivity index (χ3v) is 6.02. The Morgan fingerprint density at radius 3 is 2.42 bits per heavy atom. The fourth-order valence-corrected chi connectivity index (χ4v) is 4.19. The molecule has 1 aromatic carbocycles. The lowest BCUT2D eigenvalue weighted by molar-refractivity contribution is -0.339. The lowest BCUT2D eigenvalue weighted by Crippen LogP contribution is -2.60. The zero-order valence-corrected chi connectivity index (χ0v) is 17.4. The molecule has 1 saturated heterocycles. The molecule has 11 nitrogen and oxygen atoms in total. The first kappa shape index (κ1) is 23.6. The van der Waals surface area contributed by atoms with Crippen molar-refractivity contribution in [3.63, 3.8) is 0 Å². The number of benzene rings is 1. The van der Waals surface area contributed by atoms with Crippen molar-refractivity contribution in [1.82, 2.24) is 0 Å². The van der Waals surface area contributed by atoms with Gasteiger partial charge < -0.3 is 49.6 Å². The fourth-order valence-electron chi connectivity index (χ4n) is 4.19. The van der Waals surface area contributed by atoms with Gasteiger partial charge in [-0.3, -0.25) is 0 Å². The van der Waals surface area contributed by atoms with E-state index in [1.807, 2.05) is 0 Å². The molecule has 1 aromatic rings. The Hall–Kier alpha value is -2.51.